The van der Waals surface area contributed by atoms with Gasteiger partial charge in [-0.05, 0) is 57.3 Å². The molecule has 1 atom stereocenters. The van der Waals surface area contributed by atoms with Crippen LogP contribution >= 0.6 is 11.3 Å². The fraction of sp³-hybridized carbons (Fsp3) is 0.320. The number of carbonyl (C=O) groups is 2. The highest BCUT2D eigenvalue weighted by Crippen LogP contribution is 2.43. The van der Waals surface area contributed by atoms with Crippen LogP contribution in [0.3, 0.4) is 0 Å². The number of aromatic nitrogens is 1. The molecular weight excluding hydrogens is 452 g/mol. The Hall–Kier alpha value is -3.43. The van der Waals surface area contributed by atoms with Crippen molar-refractivity contribution in [2.24, 2.45) is 0 Å². The second-order valence-electron chi connectivity index (χ2n) is 8.64. The van der Waals surface area contributed by atoms with Crippen LogP contribution in [0, 0.1) is 13.8 Å². The molecule has 0 radical (unpaired) electrons. The number of rotatable bonds is 5. The molecule has 1 aromatic carbocycles. The minimum atomic E-state index is -0.869. The van der Waals surface area contributed by atoms with Crippen molar-refractivity contribution in [3.8, 4) is 0 Å². The number of furan rings is 1. The summed E-state index contributed by atoms with van der Waals surface area (Å²) in [6, 6.07) is 10.2. The lowest BCUT2D eigenvalue weighted by Crippen LogP contribution is -2.44. The third-order valence-electron chi connectivity index (χ3n) is 6.37. The van der Waals surface area contributed by atoms with Crippen LogP contribution < -0.4 is 9.80 Å². The Balaban J connectivity index is 1.51. The summed E-state index contributed by atoms with van der Waals surface area (Å²) in [5, 5.41) is 11.6. The van der Waals surface area contributed by atoms with Crippen LogP contribution in [0.15, 0.2) is 58.4 Å². The number of aliphatic hydroxyl groups excluding tert-OH is 1. The second kappa shape index (κ2) is 8.73. The number of hydrogen-bond acceptors (Lipinski definition) is 8. The molecule has 0 bridgehead atoms. The fourth-order valence-electron chi connectivity index (χ4n) is 4.57. The molecule has 1 N–H and O–H groups in total. The smallest absolute Gasteiger partial charge is 0.294 e. The number of carbonyl (C=O) groups excluding carboxylic acids is 2. The van der Waals surface area contributed by atoms with Gasteiger partial charge in [0, 0.05) is 37.6 Å². The van der Waals surface area contributed by atoms with E-state index in [1.807, 2.05) is 31.2 Å². The van der Waals surface area contributed by atoms with Gasteiger partial charge in [0.15, 0.2) is 5.76 Å². The standard InChI is InChI=1S/C25H26N4O4S/c1-15-24(34-16(2)26-15)22(30)20-21(19-5-4-14-33-19)29(25(32)23(20)31)18-8-6-17(7-9-18)28-12-10-27(3)11-13-28/h4-9,14,21,31H,10-13H2,1-3H3. The number of aliphatic hydroxyl groups is 1. The minimum absolute atomic E-state index is 0.00912. The third kappa shape index (κ3) is 3.80. The number of hydrogen-bond donors (Lipinski definition) is 1. The topological polar surface area (TPSA) is 90.1 Å². The summed E-state index contributed by atoms with van der Waals surface area (Å²) in [6.07, 6.45) is 1.49. The number of thiazole rings is 1. The molecule has 1 amide bonds. The number of Topliss-reactive ketones (excluding diaryl/α,β-unsaturated/α-hetero) is 1. The quantitative estimate of drug-likeness (QED) is 0.557. The highest BCUT2D eigenvalue weighted by molar-refractivity contribution is 7.14. The summed E-state index contributed by atoms with van der Waals surface area (Å²) in [7, 11) is 2.11. The van der Waals surface area contributed by atoms with Crippen molar-refractivity contribution in [2.75, 3.05) is 43.0 Å². The Morgan fingerprint density at radius 3 is 2.35 bits per heavy atom. The highest BCUT2D eigenvalue weighted by Gasteiger charge is 2.46. The number of ketones is 1. The number of nitrogens with zero attached hydrogens (tertiary/aromatic N) is 4. The molecule has 9 heteroatoms. The van der Waals surface area contributed by atoms with E-state index in [9.17, 15) is 14.7 Å². The molecule has 2 aliphatic heterocycles. The van der Waals surface area contributed by atoms with Gasteiger partial charge in [-0.25, -0.2) is 4.98 Å². The molecule has 2 aromatic heterocycles. The molecule has 2 aliphatic rings. The van der Waals surface area contributed by atoms with E-state index >= 15 is 0 Å². The first-order valence-corrected chi connectivity index (χ1v) is 12.0. The Bertz CT molecular complexity index is 1250. The SMILES string of the molecule is Cc1nc(C)c(C(=O)C2=C(O)C(=O)N(c3ccc(N4CCN(C)CC4)cc3)C2c2ccco2)s1. The number of piperazine rings is 1. The number of amides is 1. The van der Waals surface area contributed by atoms with E-state index in [0.717, 1.165) is 36.9 Å². The maximum atomic E-state index is 13.5. The summed E-state index contributed by atoms with van der Waals surface area (Å²) >= 11 is 1.25. The van der Waals surface area contributed by atoms with E-state index in [0.29, 0.717) is 22.0 Å². The van der Waals surface area contributed by atoms with Crippen molar-refractivity contribution < 1.29 is 19.1 Å². The van der Waals surface area contributed by atoms with Crippen molar-refractivity contribution in [1.29, 1.82) is 0 Å². The normalized spacial score (nSPS) is 19.4. The Morgan fingerprint density at radius 2 is 1.76 bits per heavy atom. The van der Waals surface area contributed by atoms with Crippen LogP contribution in [0.1, 0.15) is 32.2 Å². The van der Waals surface area contributed by atoms with Gasteiger partial charge < -0.3 is 19.3 Å². The van der Waals surface area contributed by atoms with Crippen molar-refractivity contribution in [1.82, 2.24) is 9.88 Å². The lowest BCUT2D eigenvalue weighted by Gasteiger charge is -2.34. The van der Waals surface area contributed by atoms with Gasteiger partial charge in [-0.3, -0.25) is 14.5 Å². The Morgan fingerprint density at radius 1 is 1.09 bits per heavy atom. The van der Waals surface area contributed by atoms with Gasteiger partial charge >= 0.3 is 0 Å². The monoisotopic (exact) mass is 478 g/mol. The number of anilines is 2. The van der Waals surface area contributed by atoms with Crippen LogP contribution in [0.4, 0.5) is 11.4 Å². The summed E-state index contributed by atoms with van der Waals surface area (Å²) in [5.74, 6) is -1.19. The van der Waals surface area contributed by atoms with Gasteiger partial charge in [0.2, 0.25) is 5.78 Å². The van der Waals surface area contributed by atoms with Crippen molar-refractivity contribution in [3.05, 3.63) is 75.3 Å². The molecule has 4 heterocycles. The van der Waals surface area contributed by atoms with E-state index in [4.69, 9.17) is 4.42 Å². The molecule has 1 unspecified atom stereocenters. The van der Waals surface area contributed by atoms with E-state index < -0.39 is 23.5 Å². The molecule has 0 saturated carbocycles. The first kappa shape index (κ1) is 22.4. The van der Waals surface area contributed by atoms with Crippen LogP contribution in [-0.4, -0.2) is 59.9 Å². The van der Waals surface area contributed by atoms with Gasteiger partial charge in [0.1, 0.15) is 11.8 Å². The molecule has 0 spiro atoms. The van der Waals surface area contributed by atoms with Crippen molar-refractivity contribution >= 4 is 34.4 Å². The van der Waals surface area contributed by atoms with Gasteiger partial charge in [-0.2, -0.15) is 0 Å². The summed E-state index contributed by atoms with van der Waals surface area (Å²) in [5.41, 5.74) is 2.24. The molecule has 3 aromatic rings. The van der Waals surface area contributed by atoms with Gasteiger partial charge in [-0.15, -0.1) is 11.3 Å². The largest absolute Gasteiger partial charge is 0.503 e. The Kier molecular flexibility index (Phi) is 5.75. The second-order valence-corrected chi connectivity index (χ2v) is 9.84. The number of likely N-dealkylation sites (N-methyl/N-ethyl adjacent to an activating group) is 1. The van der Waals surface area contributed by atoms with E-state index in [1.165, 1.54) is 22.5 Å². The predicted molar refractivity (Wildman–Crippen MR) is 131 cm³/mol. The average molecular weight is 479 g/mol. The zero-order valence-corrected chi connectivity index (χ0v) is 20.1. The lowest BCUT2D eigenvalue weighted by molar-refractivity contribution is -0.117. The predicted octanol–water partition coefficient (Wildman–Crippen LogP) is 3.89. The average Bonchev–Trinajstić information content (AvgIpc) is 3.53. The summed E-state index contributed by atoms with van der Waals surface area (Å²) in [6.45, 7) is 7.42. The first-order chi connectivity index (χ1) is 16.3. The molecule has 5 rings (SSSR count). The van der Waals surface area contributed by atoms with Crippen molar-refractivity contribution in [2.45, 2.75) is 19.9 Å². The van der Waals surface area contributed by atoms with E-state index in [2.05, 4.69) is 21.8 Å². The summed E-state index contributed by atoms with van der Waals surface area (Å²) in [4.78, 5) is 37.6. The zero-order chi connectivity index (χ0) is 24.0. The van der Waals surface area contributed by atoms with Crippen LogP contribution in [-0.2, 0) is 4.79 Å². The molecule has 34 heavy (non-hydrogen) atoms. The highest BCUT2D eigenvalue weighted by atomic mass is 32.1. The molecule has 1 fully saturated rings. The van der Waals surface area contributed by atoms with Crippen LogP contribution in [0.5, 0.6) is 0 Å². The van der Waals surface area contributed by atoms with Gasteiger partial charge in [-0.1, -0.05) is 0 Å². The van der Waals surface area contributed by atoms with Crippen LogP contribution in [0.25, 0.3) is 0 Å². The third-order valence-corrected chi connectivity index (χ3v) is 7.44. The summed E-state index contributed by atoms with van der Waals surface area (Å²) < 4.78 is 5.63. The molecule has 0 aliphatic carbocycles. The Labute approximate surface area is 201 Å². The van der Waals surface area contributed by atoms with Gasteiger partial charge in [0.25, 0.3) is 5.91 Å². The number of aryl methyl sites for hydroxylation is 2. The fourth-order valence-corrected chi connectivity index (χ4v) is 5.45. The maximum absolute atomic E-state index is 13.5. The van der Waals surface area contributed by atoms with Crippen LogP contribution in [0.2, 0.25) is 0 Å². The molecular formula is C25H26N4O4S. The molecule has 8 nitrogen and oxygen atoms in total. The van der Waals surface area contributed by atoms with Crippen molar-refractivity contribution in [3.63, 3.8) is 0 Å². The van der Waals surface area contributed by atoms with E-state index in [-0.39, 0.29) is 5.57 Å². The first-order valence-electron chi connectivity index (χ1n) is 11.2. The zero-order valence-electron chi connectivity index (χ0n) is 19.3. The number of benzene rings is 1. The molecule has 1 saturated heterocycles. The van der Waals surface area contributed by atoms with Gasteiger partial charge in [0.05, 0.1) is 27.4 Å². The maximum Gasteiger partial charge on any atom is 0.294 e. The lowest BCUT2D eigenvalue weighted by atomic mass is 9.99. The minimum Gasteiger partial charge on any atom is -0.503 e. The molecule has 176 valence electrons. The van der Waals surface area contributed by atoms with E-state index in [1.54, 1.807) is 19.1 Å².